The number of carbonyl (C=O) groups is 4. The Morgan fingerprint density at radius 2 is 1.57 bits per heavy atom. The lowest BCUT2D eigenvalue weighted by atomic mass is 10.0. The lowest BCUT2D eigenvalue weighted by Crippen LogP contribution is -2.50. The topological polar surface area (TPSA) is 92.8 Å². The Kier molecular flexibility index (Phi) is 5.26. The number of imide groups is 1. The molecule has 1 heterocycles. The zero-order valence-electron chi connectivity index (χ0n) is 15.8. The van der Waals surface area contributed by atoms with Crippen LogP contribution in [0.1, 0.15) is 44.9 Å². The molecule has 2 aromatic carbocycles. The summed E-state index contributed by atoms with van der Waals surface area (Å²) in [6.45, 7) is 3.53. The van der Waals surface area contributed by atoms with Gasteiger partial charge in [0, 0.05) is 5.69 Å². The van der Waals surface area contributed by atoms with Crippen LogP contribution in [0.3, 0.4) is 0 Å². The molecule has 1 aliphatic heterocycles. The lowest BCUT2D eigenvalue weighted by molar-refractivity contribution is -0.121. The smallest absolute Gasteiger partial charge is 0.337 e. The first-order valence-electron chi connectivity index (χ1n) is 8.81. The Morgan fingerprint density at radius 3 is 2.11 bits per heavy atom. The molecule has 0 aliphatic carbocycles. The minimum Gasteiger partial charge on any atom is -0.465 e. The van der Waals surface area contributed by atoms with Gasteiger partial charge in [-0.3, -0.25) is 19.3 Å². The highest BCUT2D eigenvalue weighted by atomic mass is 16.5. The molecule has 0 aromatic heterocycles. The molecular weight excluding hydrogens is 360 g/mol. The first-order chi connectivity index (χ1) is 13.3. The fraction of sp³-hybridized carbons (Fsp3) is 0.238. The van der Waals surface area contributed by atoms with Gasteiger partial charge in [-0.15, -0.1) is 0 Å². The molecule has 2 aromatic rings. The highest BCUT2D eigenvalue weighted by Crippen LogP contribution is 2.28. The monoisotopic (exact) mass is 380 g/mol. The molecule has 0 saturated carbocycles. The van der Waals surface area contributed by atoms with E-state index in [1.165, 1.54) is 13.2 Å². The number of esters is 1. The number of anilines is 1. The van der Waals surface area contributed by atoms with Gasteiger partial charge in [-0.2, -0.15) is 0 Å². The molecule has 0 fully saturated rings. The van der Waals surface area contributed by atoms with Crippen LogP contribution in [0, 0.1) is 5.92 Å². The van der Waals surface area contributed by atoms with Crippen LogP contribution in [0.15, 0.2) is 48.5 Å². The van der Waals surface area contributed by atoms with Crippen LogP contribution in [-0.2, 0) is 9.53 Å². The number of hydrogen-bond donors (Lipinski definition) is 1. The molecular formula is C21H20N2O5. The number of fused-ring (bicyclic) bond motifs is 1. The lowest BCUT2D eigenvalue weighted by Gasteiger charge is -2.28. The van der Waals surface area contributed by atoms with Crippen LogP contribution in [0.2, 0.25) is 0 Å². The summed E-state index contributed by atoms with van der Waals surface area (Å²) in [7, 11) is 1.27. The van der Waals surface area contributed by atoms with E-state index in [9.17, 15) is 19.2 Å². The number of methoxy groups -OCH3 is 1. The van der Waals surface area contributed by atoms with Gasteiger partial charge < -0.3 is 10.1 Å². The number of carbonyl (C=O) groups excluding carboxylic acids is 4. The largest absolute Gasteiger partial charge is 0.465 e. The Labute approximate surface area is 162 Å². The predicted molar refractivity (Wildman–Crippen MR) is 102 cm³/mol. The van der Waals surface area contributed by atoms with E-state index in [4.69, 9.17) is 0 Å². The number of hydrogen-bond acceptors (Lipinski definition) is 5. The van der Waals surface area contributed by atoms with Crippen molar-refractivity contribution in [3.05, 3.63) is 65.2 Å². The summed E-state index contributed by atoms with van der Waals surface area (Å²) in [4.78, 5) is 51.2. The van der Waals surface area contributed by atoms with Crippen LogP contribution >= 0.6 is 0 Å². The Morgan fingerprint density at radius 1 is 0.964 bits per heavy atom. The van der Waals surface area contributed by atoms with Gasteiger partial charge in [-0.05, 0) is 36.2 Å². The van der Waals surface area contributed by atoms with Crippen LogP contribution in [0.25, 0.3) is 0 Å². The second-order valence-corrected chi connectivity index (χ2v) is 6.78. The molecule has 0 bridgehead atoms. The number of benzene rings is 2. The molecule has 7 nitrogen and oxygen atoms in total. The van der Waals surface area contributed by atoms with E-state index in [1.54, 1.807) is 56.3 Å². The summed E-state index contributed by atoms with van der Waals surface area (Å²) in [5.74, 6) is -2.33. The van der Waals surface area contributed by atoms with Crippen molar-refractivity contribution in [1.82, 2.24) is 4.90 Å². The van der Waals surface area contributed by atoms with Crippen molar-refractivity contribution >= 4 is 29.4 Å². The van der Waals surface area contributed by atoms with Crippen LogP contribution in [0.5, 0.6) is 0 Å². The first kappa shape index (κ1) is 19.3. The van der Waals surface area contributed by atoms with Crippen LogP contribution in [0.4, 0.5) is 5.69 Å². The Balaban J connectivity index is 1.88. The number of amides is 3. The minimum atomic E-state index is -0.991. The fourth-order valence-electron chi connectivity index (χ4n) is 3.24. The Bertz CT molecular complexity index is 932. The highest BCUT2D eigenvalue weighted by Gasteiger charge is 2.43. The molecule has 0 spiro atoms. The van der Waals surface area contributed by atoms with E-state index in [1.807, 2.05) is 0 Å². The zero-order chi connectivity index (χ0) is 20.4. The van der Waals surface area contributed by atoms with Crippen molar-refractivity contribution in [1.29, 1.82) is 0 Å². The normalized spacial score (nSPS) is 14.1. The van der Waals surface area contributed by atoms with Crippen LogP contribution in [-0.4, -0.2) is 41.7 Å². The van der Waals surface area contributed by atoms with E-state index in [2.05, 4.69) is 10.1 Å². The third-order valence-corrected chi connectivity index (χ3v) is 4.55. The summed E-state index contributed by atoms with van der Waals surface area (Å²) in [6, 6.07) is 11.8. The maximum absolute atomic E-state index is 13.0. The van der Waals surface area contributed by atoms with E-state index in [-0.39, 0.29) is 11.5 Å². The fourth-order valence-corrected chi connectivity index (χ4v) is 3.24. The van der Waals surface area contributed by atoms with Gasteiger partial charge in [0.15, 0.2) is 0 Å². The van der Waals surface area contributed by atoms with E-state index < -0.39 is 29.7 Å². The van der Waals surface area contributed by atoms with E-state index >= 15 is 0 Å². The zero-order valence-corrected chi connectivity index (χ0v) is 15.8. The average molecular weight is 380 g/mol. The summed E-state index contributed by atoms with van der Waals surface area (Å²) >= 11 is 0. The molecule has 1 atom stereocenters. The third kappa shape index (κ3) is 3.38. The maximum Gasteiger partial charge on any atom is 0.337 e. The van der Waals surface area contributed by atoms with E-state index in [0.717, 1.165) is 4.90 Å². The van der Waals surface area contributed by atoms with Gasteiger partial charge in [-0.1, -0.05) is 32.0 Å². The van der Waals surface area contributed by atoms with Crippen molar-refractivity contribution in [3.8, 4) is 0 Å². The highest BCUT2D eigenvalue weighted by molar-refractivity contribution is 6.23. The number of ether oxygens (including phenoxy) is 1. The molecule has 1 aliphatic rings. The van der Waals surface area contributed by atoms with Gasteiger partial charge in [-0.25, -0.2) is 4.79 Å². The van der Waals surface area contributed by atoms with Crippen LogP contribution < -0.4 is 5.32 Å². The molecule has 3 rings (SSSR count). The average Bonchev–Trinajstić information content (AvgIpc) is 2.93. The minimum absolute atomic E-state index is 0.280. The molecule has 3 amide bonds. The number of nitrogens with zero attached hydrogens (tertiary/aromatic N) is 1. The van der Waals surface area contributed by atoms with Gasteiger partial charge >= 0.3 is 5.97 Å². The molecule has 0 saturated heterocycles. The molecule has 0 unspecified atom stereocenters. The summed E-state index contributed by atoms with van der Waals surface area (Å²) in [6.07, 6.45) is 0. The van der Waals surface area contributed by atoms with E-state index in [0.29, 0.717) is 16.8 Å². The number of nitrogens with one attached hydrogen (secondary N) is 1. The molecule has 144 valence electrons. The summed E-state index contributed by atoms with van der Waals surface area (Å²) in [5, 5.41) is 2.69. The second-order valence-electron chi connectivity index (χ2n) is 6.78. The quantitative estimate of drug-likeness (QED) is 0.636. The van der Waals surface area contributed by atoms with Crippen molar-refractivity contribution in [2.45, 2.75) is 19.9 Å². The number of rotatable bonds is 5. The predicted octanol–water partition coefficient (Wildman–Crippen LogP) is 2.73. The molecule has 28 heavy (non-hydrogen) atoms. The van der Waals surface area contributed by atoms with Gasteiger partial charge in [0.1, 0.15) is 6.04 Å². The van der Waals surface area contributed by atoms with Gasteiger partial charge in [0.2, 0.25) is 5.91 Å². The van der Waals surface area contributed by atoms with Crippen molar-refractivity contribution < 1.29 is 23.9 Å². The first-order valence-corrected chi connectivity index (χ1v) is 8.81. The van der Waals surface area contributed by atoms with Gasteiger partial charge in [0.25, 0.3) is 11.8 Å². The van der Waals surface area contributed by atoms with Crippen molar-refractivity contribution in [2.75, 3.05) is 12.4 Å². The van der Waals surface area contributed by atoms with Gasteiger partial charge in [0.05, 0.1) is 23.8 Å². The summed E-state index contributed by atoms with van der Waals surface area (Å²) < 4.78 is 4.68. The third-order valence-electron chi connectivity index (χ3n) is 4.55. The standard InChI is InChI=1S/C21H20N2O5/c1-12(2)17(23-19(25)15-9-4-5-10-16(15)20(23)26)18(24)22-14-8-6-7-13(11-14)21(27)28-3/h4-12,17H,1-3H3,(H,22,24)/t17-/m0/s1. The molecule has 7 heteroatoms. The maximum atomic E-state index is 13.0. The second kappa shape index (κ2) is 7.64. The molecule has 0 radical (unpaired) electrons. The Hall–Kier alpha value is -3.48. The SMILES string of the molecule is COC(=O)c1cccc(NC(=O)[C@H](C(C)C)N2C(=O)c3ccccc3C2=O)c1. The van der Waals surface area contributed by atoms with Crippen molar-refractivity contribution in [2.24, 2.45) is 5.92 Å². The molecule has 1 N–H and O–H groups in total. The summed E-state index contributed by atoms with van der Waals surface area (Å²) in [5.41, 5.74) is 1.23. The van der Waals surface area contributed by atoms with Crippen molar-refractivity contribution in [3.63, 3.8) is 0 Å².